The Morgan fingerprint density at radius 2 is 2.24 bits per heavy atom. The van der Waals surface area contributed by atoms with E-state index in [0.717, 1.165) is 18.4 Å². The number of benzene rings is 1. The summed E-state index contributed by atoms with van der Waals surface area (Å²) in [5.41, 5.74) is 1.62. The molecule has 4 heteroatoms. The van der Waals surface area contributed by atoms with Gasteiger partial charge < -0.3 is 10.6 Å². The molecule has 0 spiro atoms. The second kappa shape index (κ2) is 5.27. The minimum atomic E-state index is -0.194. The van der Waals surface area contributed by atoms with Gasteiger partial charge in [-0.2, -0.15) is 0 Å². The first-order valence-corrected chi connectivity index (χ1v) is 5.90. The van der Waals surface area contributed by atoms with E-state index in [1.165, 1.54) is 6.07 Å². The summed E-state index contributed by atoms with van der Waals surface area (Å²) in [5.74, 6) is -0.161. The summed E-state index contributed by atoms with van der Waals surface area (Å²) >= 11 is 0. The number of nitrogens with one attached hydrogen (secondary N) is 2. The Hall–Kier alpha value is -1.42. The monoisotopic (exact) mass is 236 g/mol. The summed E-state index contributed by atoms with van der Waals surface area (Å²) in [6.45, 7) is 2.63. The Morgan fingerprint density at radius 1 is 1.47 bits per heavy atom. The zero-order valence-corrected chi connectivity index (χ0v) is 9.92. The third-order valence-corrected chi connectivity index (χ3v) is 2.78. The van der Waals surface area contributed by atoms with Gasteiger partial charge >= 0.3 is 0 Å². The molecule has 1 aliphatic carbocycles. The minimum Gasteiger partial charge on any atom is -0.352 e. The van der Waals surface area contributed by atoms with Gasteiger partial charge in [0.05, 0.1) is 6.54 Å². The van der Waals surface area contributed by atoms with Gasteiger partial charge in [0.2, 0.25) is 5.91 Å². The lowest BCUT2D eigenvalue weighted by atomic mass is 10.1. The van der Waals surface area contributed by atoms with E-state index < -0.39 is 0 Å². The van der Waals surface area contributed by atoms with Crippen LogP contribution in [0.5, 0.6) is 0 Å². The Bertz CT molecular complexity index is 416. The first-order chi connectivity index (χ1) is 8.15. The Morgan fingerprint density at radius 3 is 2.88 bits per heavy atom. The van der Waals surface area contributed by atoms with Crippen molar-refractivity contribution >= 4 is 5.91 Å². The highest BCUT2D eigenvalue weighted by Crippen LogP contribution is 2.18. The lowest BCUT2D eigenvalue weighted by Crippen LogP contribution is -2.34. The van der Waals surface area contributed by atoms with Gasteiger partial charge in [-0.1, -0.05) is 12.1 Å². The van der Waals surface area contributed by atoms with E-state index in [9.17, 15) is 9.18 Å². The fraction of sp³-hybridized carbons (Fsp3) is 0.462. The van der Waals surface area contributed by atoms with Gasteiger partial charge in [0.1, 0.15) is 5.82 Å². The molecule has 1 aromatic rings. The molecule has 0 bridgehead atoms. The largest absolute Gasteiger partial charge is 0.352 e. The van der Waals surface area contributed by atoms with Crippen LogP contribution in [-0.4, -0.2) is 18.5 Å². The van der Waals surface area contributed by atoms with Crippen molar-refractivity contribution in [2.45, 2.75) is 32.4 Å². The van der Waals surface area contributed by atoms with Gasteiger partial charge in [-0.25, -0.2) is 4.39 Å². The molecule has 1 saturated carbocycles. The van der Waals surface area contributed by atoms with E-state index in [1.54, 1.807) is 19.1 Å². The van der Waals surface area contributed by atoms with Crippen LogP contribution in [-0.2, 0) is 11.3 Å². The number of carbonyl (C=O) groups excluding carboxylic acids is 1. The van der Waals surface area contributed by atoms with Crippen LogP contribution in [0.25, 0.3) is 0 Å². The molecule has 0 radical (unpaired) electrons. The maximum Gasteiger partial charge on any atom is 0.234 e. The number of aryl methyl sites for hydroxylation is 1. The number of carbonyl (C=O) groups is 1. The highest BCUT2D eigenvalue weighted by molar-refractivity contribution is 5.78. The van der Waals surface area contributed by atoms with Gasteiger partial charge in [-0.15, -0.1) is 0 Å². The molecule has 1 aromatic carbocycles. The van der Waals surface area contributed by atoms with Gasteiger partial charge in [0.15, 0.2) is 0 Å². The lowest BCUT2D eigenvalue weighted by Gasteiger charge is -2.06. The van der Waals surface area contributed by atoms with Crippen molar-refractivity contribution in [2.75, 3.05) is 6.54 Å². The summed E-state index contributed by atoms with van der Waals surface area (Å²) in [5, 5.41) is 5.95. The quantitative estimate of drug-likeness (QED) is 0.813. The molecule has 1 aliphatic rings. The number of hydrogen-bond donors (Lipinski definition) is 2. The summed E-state index contributed by atoms with van der Waals surface area (Å²) in [7, 11) is 0. The van der Waals surface area contributed by atoms with Crippen molar-refractivity contribution in [1.29, 1.82) is 0 Å². The van der Waals surface area contributed by atoms with Crippen molar-refractivity contribution in [3.05, 3.63) is 35.1 Å². The number of halogens is 1. The van der Waals surface area contributed by atoms with Crippen LogP contribution in [0.2, 0.25) is 0 Å². The van der Waals surface area contributed by atoms with Gasteiger partial charge in [-0.05, 0) is 37.0 Å². The summed E-state index contributed by atoms with van der Waals surface area (Å²) < 4.78 is 13.0. The Kier molecular flexibility index (Phi) is 3.74. The molecule has 0 aliphatic heterocycles. The topological polar surface area (TPSA) is 41.1 Å². The SMILES string of the molecule is Cc1cc(CNCC(=O)NC2CC2)ccc1F. The molecule has 0 unspecified atom stereocenters. The van der Waals surface area contributed by atoms with E-state index in [1.807, 2.05) is 0 Å². The second-order valence-electron chi connectivity index (χ2n) is 4.53. The van der Waals surface area contributed by atoms with Crippen molar-refractivity contribution in [3.8, 4) is 0 Å². The van der Waals surface area contributed by atoms with Gasteiger partial charge in [0, 0.05) is 12.6 Å². The highest BCUT2D eigenvalue weighted by atomic mass is 19.1. The van der Waals surface area contributed by atoms with Gasteiger partial charge in [-0.3, -0.25) is 4.79 Å². The molecule has 1 amide bonds. The van der Waals surface area contributed by atoms with Crippen LogP contribution in [0, 0.1) is 12.7 Å². The third kappa shape index (κ3) is 3.82. The zero-order valence-electron chi connectivity index (χ0n) is 9.92. The van der Waals surface area contributed by atoms with E-state index >= 15 is 0 Å². The molecule has 0 saturated heterocycles. The van der Waals surface area contributed by atoms with Crippen LogP contribution in [0.4, 0.5) is 4.39 Å². The molecular weight excluding hydrogens is 219 g/mol. The Labute approximate surface area is 100 Å². The average Bonchev–Trinajstić information content (AvgIpc) is 3.07. The summed E-state index contributed by atoms with van der Waals surface area (Å²) in [4.78, 5) is 11.4. The Balaban J connectivity index is 1.73. The fourth-order valence-electron chi connectivity index (χ4n) is 1.64. The lowest BCUT2D eigenvalue weighted by molar-refractivity contribution is -0.120. The molecule has 2 N–H and O–H groups in total. The van der Waals surface area contributed by atoms with Crippen LogP contribution in [0.1, 0.15) is 24.0 Å². The predicted octanol–water partition coefficient (Wildman–Crippen LogP) is 1.50. The maximum absolute atomic E-state index is 13.0. The summed E-state index contributed by atoms with van der Waals surface area (Å²) in [6, 6.07) is 5.38. The maximum atomic E-state index is 13.0. The van der Waals surface area contributed by atoms with Crippen LogP contribution >= 0.6 is 0 Å². The van der Waals surface area contributed by atoms with E-state index in [0.29, 0.717) is 24.7 Å². The standard InChI is InChI=1S/C13H17FN2O/c1-9-6-10(2-5-12(9)14)7-15-8-13(17)16-11-3-4-11/h2,5-6,11,15H,3-4,7-8H2,1H3,(H,16,17). The third-order valence-electron chi connectivity index (χ3n) is 2.78. The van der Waals surface area contributed by atoms with Crippen molar-refractivity contribution in [2.24, 2.45) is 0 Å². The molecule has 0 aromatic heterocycles. The van der Waals surface area contributed by atoms with Crippen LogP contribution < -0.4 is 10.6 Å². The number of hydrogen-bond acceptors (Lipinski definition) is 2. The molecular formula is C13H17FN2O. The zero-order chi connectivity index (χ0) is 12.3. The molecule has 1 fully saturated rings. The molecule has 92 valence electrons. The normalized spacial score (nSPS) is 14.7. The highest BCUT2D eigenvalue weighted by Gasteiger charge is 2.22. The molecule has 0 atom stereocenters. The second-order valence-corrected chi connectivity index (χ2v) is 4.53. The number of rotatable bonds is 5. The number of amides is 1. The van der Waals surface area contributed by atoms with Crippen molar-refractivity contribution in [3.63, 3.8) is 0 Å². The van der Waals surface area contributed by atoms with E-state index in [2.05, 4.69) is 10.6 Å². The molecule has 17 heavy (non-hydrogen) atoms. The smallest absolute Gasteiger partial charge is 0.234 e. The van der Waals surface area contributed by atoms with Crippen LogP contribution in [0.15, 0.2) is 18.2 Å². The van der Waals surface area contributed by atoms with Crippen LogP contribution in [0.3, 0.4) is 0 Å². The predicted molar refractivity (Wildman–Crippen MR) is 64.0 cm³/mol. The molecule has 3 nitrogen and oxygen atoms in total. The van der Waals surface area contributed by atoms with Crippen molar-refractivity contribution < 1.29 is 9.18 Å². The van der Waals surface area contributed by atoms with E-state index in [4.69, 9.17) is 0 Å². The summed E-state index contributed by atoms with van der Waals surface area (Å²) in [6.07, 6.45) is 2.20. The fourth-order valence-corrected chi connectivity index (χ4v) is 1.64. The minimum absolute atomic E-state index is 0.0336. The molecule has 0 heterocycles. The van der Waals surface area contributed by atoms with Gasteiger partial charge in [0.25, 0.3) is 0 Å². The first-order valence-electron chi connectivity index (χ1n) is 5.90. The molecule has 2 rings (SSSR count). The average molecular weight is 236 g/mol. The van der Waals surface area contributed by atoms with Crippen molar-refractivity contribution in [1.82, 2.24) is 10.6 Å². The first kappa shape index (κ1) is 12.0. The van der Waals surface area contributed by atoms with E-state index in [-0.39, 0.29) is 11.7 Å².